The van der Waals surface area contributed by atoms with Crippen molar-refractivity contribution in [2.75, 3.05) is 13.1 Å². The standard InChI is InChI=1S/C18H21N3O4/c1-11-9-12(2)19-16(22)15(11)17(23)20-13-5-3-7-21(10-13)18(24)14-6-4-8-25-14/h4,6,8-9,13H,3,5,7,10H2,1-2H3,(H,19,22)(H,20,23). The summed E-state index contributed by atoms with van der Waals surface area (Å²) in [5.41, 5.74) is 1.08. The number of likely N-dealkylation sites (tertiary alicyclic amines) is 1. The number of furan rings is 1. The largest absolute Gasteiger partial charge is 0.459 e. The highest BCUT2D eigenvalue weighted by atomic mass is 16.3. The van der Waals surface area contributed by atoms with E-state index in [2.05, 4.69) is 10.3 Å². The lowest BCUT2D eigenvalue weighted by Crippen LogP contribution is -2.50. The summed E-state index contributed by atoms with van der Waals surface area (Å²) < 4.78 is 5.15. The topological polar surface area (TPSA) is 95.4 Å². The van der Waals surface area contributed by atoms with Crippen molar-refractivity contribution >= 4 is 11.8 Å². The van der Waals surface area contributed by atoms with Crippen LogP contribution in [-0.2, 0) is 0 Å². The van der Waals surface area contributed by atoms with E-state index in [9.17, 15) is 14.4 Å². The van der Waals surface area contributed by atoms with Crippen molar-refractivity contribution in [1.82, 2.24) is 15.2 Å². The number of aryl methyl sites for hydroxylation is 2. The Hall–Kier alpha value is -2.83. The predicted molar refractivity (Wildman–Crippen MR) is 91.6 cm³/mol. The molecule has 2 aromatic heterocycles. The molecule has 1 atom stereocenters. The van der Waals surface area contributed by atoms with Crippen molar-refractivity contribution < 1.29 is 14.0 Å². The average molecular weight is 343 g/mol. The van der Waals surface area contributed by atoms with Gasteiger partial charge in [-0.1, -0.05) is 0 Å². The molecule has 1 unspecified atom stereocenters. The van der Waals surface area contributed by atoms with E-state index in [1.165, 1.54) is 6.26 Å². The Balaban J connectivity index is 1.70. The van der Waals surface area contributed by atoms with Crippen LogP contribution in [0, 0.1) is 13.8 Å². The summed E-state index contributed by atoms with van der Waals surface area (Å²) in [6.45, 7) is 4.53. The molecule has 0 saturated carbocycles. The van der Waals surface area contributed by atoms with Gasteiger partial charge in [0.05, 0.1) is 6.26 Å². The van der Waals surface area contributed by atoms with Gasteiger partial charge in [-0.2, -0.15) is 0 Å². The van der Waals surface area contributed by atoms with E-state index >= 15 is 0 Å². The van der Waals surface area contributed by atoms with Crippen LogP contribution in [0.1, 0.15) is 45.0 Å². The van der Waals surface area contributed by atoms with Crippen molar-refractivity contribution in [3.8, 4) is 0 Å². The Kier molecular flexibility index (Phi) is 4.74. The fourth-order valence-electron chi connectivity index (χ4n) is 3.23. The maximum atomic E-state index is 12.5. The Morgan fingerprint density at radius 1 is 1.36 bits per heavy atom. The molecule has 7 heteroatoms. The van der Waals surface area contributed by atoms with Gasteiger partial charge in [-0.3, -0.25) is 14.4 Å². The van der Waals surface area contributed by atoms with E-state index in [1.54, 1.807) is 36.9 Å². The molecule has 1 aliphatic heterocycles. The van der Waals surface area contributed by atoms with Gasteiger partial charge in [0.1, 0.15) is 5.56 Å². The van der Waals surface area contributed by atoms with Crippen molar-refractivity contribution in [2.45, 2.75) is 32.7 Å². The van der Waals surface area contributed by atoms with Crippen LogP contribution in [0.25, 0.3) is 0 Å². The summed E-state index contributed by atoms with van der Waals surface area (Å²) in [6.07, 6.45) is 3.00. The van der Waals surface area contributed by atoms with E-state index < -0.39 is 11.5 Å². The lowest BCUT2D eigenvalue weighted by molar-refractivity contribution is 0.0646. The Bertz CT molecular complexity index is 839. The molecule has 25 heavy (non-hydrogen) atoms. The van der Waals surface area contributed by atoms with Crippen LogP contribution in [0.3, 0.4) is 0 Å². The number of hydrogen-bond acceptors (Lipinski definition) is 4. The van der Waals surface area contributed by atoms with E-state index in [0.717, 1.165) is 12.8 Å². The van der Waals surface area contributed by atoms with Crippen LogP contribution in [0.4, 0.5) is 0 Å². The SMILES string of the molecule is Cc1cc(C)c(C(=O)NC2CCCN(C(=O)c3ccco3)C2)c(=O)[nH]1. The zero-order valence-electron chi connectivity index (χ0n) is 14.3. The molecule has 0 radical (unpaired) electrons. The van der Waals surface area contributed by atoms with Crippen molar-refractivity contribution in [3.63, 3.8) is 0 Å². The molecule has 1 saturated heterocycles. The molecular weight excluding hydrogens is 322 g/mol. The van der Waals surface area contributed by atoms with Gasteiger partial charge in [0.2, 0.25) is 0 Å². The fraction of sp³-hybridized carbons (Fsp3) is 0.389. The molecule has 1 aliphatic rings. The molecule has 0 aliphatic carbocycles. The van der Waals surface area contributed by atoms with Crippen molar-refractivity contribution in [2.24, 2.45) is 0 Å². The molecule has 0 spiro atoms. The van der Waals surface area contributed by atoms with Gasteiger partial charge in [-0.15, -0.1) is 0 Å². The first-order valence-electron chi connectivity index (χ1n) is 8.30. The number of hydrogen-bond donors (Lipinski definition) is 2. The smallest absolute Gasteiger partial charge is 0.289 e. The zero-order valence-corrected chi connectivity index (χ0v) is 14.3. The molecule has 3 rings (SSSR count). The third-order valence-corrected chi connectivity index (χ3v) is 4.37. The van der Waals surface area contributed by atoms with Gasteiger partial charge in [0.25, 0.3) is 17.4 Å². The third-order valence-electron chi connectivity index (χ3n) is 4.37. The van der Waals surface area contributed by atoms with Crippen LogP contribution in [0.2, 0.25) is 0 Å². The number of piperidine rings is 1. The van der Waals surface area contributed by atoms with E-state index in [4.69, 9.17) is 4.42 Å². The van der Waals surface area contributed by atoms with Gasteiger partial charge >= 0.3 is 0 Å². The summed E-state index contributed by atoms with van der Waals surface area (Å²) >= 11 is 0. The zero-order chi connectivity index (χ0) is 18.0. The molecule has 2 N–H and O–H groups in total. The maximum Gasteiger partial charge on any atom is 0.289 e. The number of aromatic amines is 1. The predicted octanol–water partition coefficient (Wildman–Crippen LogP) is 1.62. The molecule has 0 aromatic carbocycles. The molecule has 3 heterocycles. The Labute approximate surface area is 145 Å². The van der Waals surface area contributed by atoms with Gasteiger partial charge < -0.3 is 19.6 Å². The van der Waals surface area contributed by atoms with Crippen LogP contribution in [-0.4, -0.2) is 40.8 Å². The van der Waals surface area contributed by atoms with Gasteiger partial charge in [-0.05, 0) is 50.5 Å². The fourth-order valence-corrected chi connectivity index (χ4v) is 3.23. The number of nitrogens with one attached hydrogen (secondary N) is 2. The van der Waals surface area contributed by atoms with E-state index in [0.29, 0.717) is 24.3 Å². The van der Waals surface area contributed by atoms with Crippen LogP contribution in [0.5, 0.6) is 0 Å². The number of pyridine rings is 1. The quantitative estimate of drug-likeness (QED) is 0.885. The monoisotopic (exact) mass is 343 g/mol. The number of aromatic nitrogens is 1. The first kappa shape index (κ1) is 17.0. The van der Waals surface area contributed by atoms with Crippen LogP contribution < -0.4 is 10.9 Å². The first-order valence-corrected chi connectivity index (χ1v) is 8.30. The molecule has 1 fully saturated rings. The number of nitrogens with zero attached hydrogens (tertiary/aromatic N) is 1. The molecular formula is C18H21N3O4. The lowest BCUT2D eigenvalue weighted by atomic mass is 10.0. The lowest BCUT2D eigenvalue weighted by Gasteiger charge is -2.32. The first-order chi connectivity index (χ1) is 12.0. The van der Waals surface area contributed by atoms with Crippen molar-refractivity contribution in [3.05, 3.63) is 57.4 Å². The summed E-state index contributed by atoms with van der Waals surface area (Å²) in [5, 5.41) is 2.88. The summed E-state index contributed by atoms with van der Waals surface area (Å²) in [5.74, 6) is -0.304. The molecule has 0 bridgehead atoms. The van der Waals surface area contributed by atoms with E-state index in [-0.39, 0.29) is 23.3 Å². The highest BCUT2D eigenvalue weighted by Gasteiger charge is 2.27. The van der Waals surface area contributed by atoms with Gasteiger partial charge in [0.15, 0.2) is 5.76 Å². The number of H-pyrrole nitrogens is 1. The Morgan fingerprint density at radius 3 is 2.84 bits per heavy atom. The molecule has 132 valence electrons. The number of carbonyl (C=O) groups is 2. The van der Waals surface area contributed by atoms with Gasteiger partial charge in [0, 0.05) is 24.8 Å². The second-order valence-corrected chi connectivity index (χ2v) is 6.38. The minimum Gasteiger partial charge on any atom is -0.459 e. The number of amides is 2. The average Bonchev–Trinajstić information content (AvgIpc) is 3.07. The third kappa shape index (κ3) is 3.65. The maximum absolute atomic E-state index is 12.5. The Morgan fingerprint density at radius 2 is 2.16 bits per heavy atom. The second-order valence-electron chi connectivity index (χ2n) is 6.38. The van der Waals surface area contributed by atoms with Crippen LogP contribution in [0.15, 0.2) is 33.7 Å². The van der Waals surface area contributed by atoms with E-state index in [1.807, 2.05) is 0 Å². The minimum absolute atomic E-state index is 0.125. The number of rotatable bonds is 3. The molecule has 7 nitrogen and oxygen atoms in total. The second kappa shape index (κ2) is 6.96. The van der Waals surface area contributed by atoms with Crippen LogP contribution >= 0.6 is 0 Å². The van der Waals surface area contributed by atoms with Crippen molar-refractivity contribution in [1.29, 1.82) is 0 Å². The highest BCUT2D eigenvalue weighted by Crippen LogP contribution is 2.15. The molecule has 2 aromatic rings. The summed E-state index contributed by atoms with van der Waals surface area (Å²) in [4.78, 5) is 41.3. The molecule has 2 amide bonds. The van der Waals surface area contributed by atoms with Gasteiger partial charge in [-0.25, -0.2) is 0 Å². The normalized spacial score (nSPS) is 17.4. The highest BCUT2D eigenvalue weighted by molar-refractivity contribution is 5.95. The summed E-state index contributed by atoms with van der Waals surface area (Å²) in [6, 6.07) is 4.87. The number of carbonyl (C=O) groups excluding carboxylic acids is 2. The minimum atomic E-state index is -0.406. The summed E-state index contributed by atoms with van der Waals surface area (Å²) in [7, 11) is 0.